The van der Waals surface area contributed by atoms with Crippen LogP contribution >= 0.6 is 0 Å². The van der Waals surface area contributed by atoms with E-state index in [-0.39, 0.29) is 6.04 Å². The molecule has 2 fully saturated rings. The van der Waals surface area contributed by atoms with Crippen molar-refractivity contribution in [2.45, 2.75) is 51.5 Å². The first-order valence-corrected chi connectivity index (χ1v) is 9.40. The molecule has 6 heteroatoms. The van der Waals surface area contributed by atoms with Gasteiger partial charge in [0.1, 0.15) is 0 Å². The lowest BCUT2D eigenvalue weighted by atomic mass is 9.96. The lowest BCUT2D eigenvalue weighted by Gasteiger charge is -2.40. The summed E-state index contributed by atoms with van der Waals surface area (Å²) in [7, 11) is -1.37. The molecule has 2 saturated heterocycles. The first kappa shape index (κ1) is 16.2. The molecule has 5 nitrogen and oxygen atoms in total. The number of likely N-dealkylation sites (N-methyl/N-ethyl adjacent to an activating group) is 1. The first-order chi connectivity index (χ1) is 9.59. The summed E-state index contributed by atoms with van der Waals surface area (Å²) in [6, 6.07) is 0.127. The fraction of sp³-hybridized carbons (Fsp3) is 1.00. The number of rotatable bonds is 5. The first-order valence-electron chi connectivity index (χ1n) is 8.01. The fourth-order valence-electron chi connectivity index (χ4n) is 3.41. The van der Waals surface area contributed by atoms with Crippen LogP contribution in [-0.4, -0.2) is 56.3 Å². The minimum absolute atomic E-state index is 0.127. The number of nitrogens with zero attached hydrogens (tertiary/aromatic N) is 2. The maximum Gasteiger partial charge on any atom is 0.282 e. The molecule has 0 bridgehead atoms. The molecule has 1 N–H and O–H groups in total. The van der Waals surface area contributed by atoms with Crippen LogP contribution in [0, 0.1) is 5.92 Å². The maximum absolute atomic E-state index is 12.8. The zero-order chi connectivity index (χ0) is 14.6. The molecular formula is C14H29N3O2S. The van der Waals surface area contributed by atoms with Gasteiger partial charge in [0.05, 0.1) is 0 Å². The lowest BCUT2D eigenvalue weighted by molar-refractivity contribution is 0.207. The van der Waals surface area contributed by atoms with E-state index >= 15 is 0 Å². The van der Waals surface area contributed by atoms with Crippen molar-refractivity contribution in [1.29, 1.82) is 0 Å². The van der Waals surface area contributed by atoms with Gasteiger partial charge in [0.25, 0.3) is 10.2 Å². The summed E-state index contributed by atoms with van der Waals surface area (Å²) in [6.07, 6.45) is 6.30. The van der Waals surface area contributed by atoms with Gasteiger partial charge in [-0.2, -0.15) is 17.0 Å². The van der Waals surface area contributed by atoms with E-state index in [1.807, 2.05) is 7.05 Å². The molecule has 2 aliphatic rings. The normalized spacial score (nSPS) is 27.8. The second-order valence-electron chi connectivity index (χ2n) is 6.08. The van der Waals surface area contributed by atoms with Crippen LogP contribution in [0.5, 0.6) is 0 Å². The molecule has 2 aliphatic heterocycles. The number of hydrogen-bond donors (Lipinski definition) is 1. The van der Waals surface area contributed by atoms with Gasteiger partial charge in [-0.15, -0.1) is 0 Å². The van der Waals surface area contributed by atoms with Gasteiger partial charge < -0.3 is 5.32 Å². The molecule has 0 radical (unpaired) electrons. The van der Waals surface area contributed by atoms with Crippen LogP contribution in [0.1, 0.15) is 45.4 Å². The monoisotopic (exact) mass is 303 g/mol. The zero-order valence-corrected chi connectivity index (χ0v) is 13.7. The quantitative estimate of drug-likeness (QED) is 0.836. The van der Waals surface area contributed by atoms with E-state index in [1.165, 1.54) is 6.42 Å². The van der Waals surface area contributed by atoms with Gasteiger partial charge in [0.15, 0.2) is 0 Å². The average molecular weight is 303 g/mol. The molecule has 118 valence electrons. The Morgan fingerprint density at radius 1 is 1.10 bits per heavy atom. The molecule has 0 aromatic heterocycles. The standard InChI is InChI=1S/C14H29N3O2S/c1-3-13-7-10-16(11-8-13)20(18,19)17-9-5-4-6-14(17)12-15-2/h13-15H,3-12H2,1-2H3. The van der Waals surface area contributed by atoms with Crippen LogP contribution in [0.15, 0.2) is 0 Å². The minimum atomic E-state index is -3.26. The summed E-state index contributed by atoms with van der Waals surface area (Å²) in [5.41, 5.74) is 0. The molecule has 0 saturated carbocycles. The smallest absolute Gasteiger partial charge is 0.282 e. The second kappa shape index (κ2) is 7.20. The molecule has 2 heterocycles. The van der Waals surface area contributed by atoms with Crippen molar-refractivity contribution < 1.29 is 8.42 Å². The van der Waals surface area contributed by atoms with Crippen LogP contribution in [0.4, 0.5) is 0 Å². The Hall–Kier alpha value is -0.170. The molecule has 0 aliphatic carbocycles. The maximum atomic E-state index is 12.8. The molecular weight excluding hydrogens is 274 g/mol. The highest BCUT2D eigenvalue weighted by Gasteiger charge is 2.37. The predicted molar refractivity (Wildman–Crippen MR) is 81.8 cm³/mol. The zero-order valence-electron chi connectivity index (χ0n) is 12.8. The highest BCUT2D eigenvalue weighted by Crippen LogP contribution is 2.27. The molecule has 1 unspecified atom stereocenters. The third-order valence-corrected chi connectivity index (χ3v) is 6.88. The van der Waals surface area contributed by atoms with Crippen molar-refractivity contribution in [2.24, 2.45) is 5.92 Å². The molecule has 20 heavy (non-hydrogen) atoms. The highest BCUT2D eigenvalue weighted by atomic mass is 32.2. The average Bonchev–Trinajstić information content (AvgIpc) is 2.48. The van der Waals surface area contributed by atoms with Gasteiger partial charge in [-0.25, -0.2) is 0 Å². The van der Waals surface area contributed by atoms with Crippen LogP contribution in [0.2, 0.25) is 0 Å². The number of hydrogen-bond acceptors (Lipinski definition) is 3. The van der Waals surface area contributed by atoms with Crippen molar-refractivity contribution in [1.82, 2.24) is 13.9 Å². The van der Waals surface area contributed by atoms with Crippen LogP contribution in [0.3, 0.4) is 0 Å². The van der Waals surface area contributed by atoms with E-state index in [0.717, 1.165) is 38.6 Å². The van der Waals surface area contributed by atoms with Gasteiger partial charge in [-0.05, 0) is 38.6 Å². The minimum Gasteiger partial charge on any atom is -0.318 e. The highest BCUT2D eigenvalue weighted by molar-refractivity contribution is 7.86. The van der Waals surface area contributed by atoms with Gasteiger partial charge in [-0.3, -0.25) is 0 Å². The summed E-state index contributed by atoms with van der Waals surface area (Å²) >= 11 is 0. The van der Waals surface area contributed by atoms with Gasteiger partial charge in [-0.1, -0.05) is 19.8 Å². The number of piperidine rings is 2. The summed E-state index contributed by atoms with van der Waals surface area (Å²) in [6.45, 7) is 5.03. The molecule has 0 aromatic carbocycles. The Balaban J connectivity index is 2.04. The SMILES string of the molecule is CCC1CCN(S(=O)(=O)N2CCCCC2CNC)CC1. The van der Waals surface area contributed by atoms with E-state index in [4.69, 9.17) is 0 Å². The van der Waals surface area contributed by atoms with Crippen LogP contribution < -0.4 is 5.32 Å². The predicted octanol–water partition coefficient (Wildman–Crippen LogP) is 1.43. The van der Waals surface area contributed by atoms with E-state index in [2.05, 4.69) is 12.2 Å². The van der Waals surface area contributed by atoms with E-state index in [0.29, 0.717) is 25.6 Å². The molecule has 0 amide bonds. The van der Waals surface area contributed by atoms with Gasteiger partial charge in [0.2, 0.25) is 0 Å². The molecule has 2 rings (SSSR count). The number of nitrogens with one attached hydrogen (secondary N) is 1. The van der Waals surface area contributed by atoms with Crippen LogP contribution in [0.25, 0.3) is 0 Å². The molecule has 0 aromatic rings. The second-order valence-corrected chi connectivity index (χ2v) is 7.96. The van der Waals surface area contributed by atoms with E-state index in [9.17, 15) is 8.42 Å². The summed E-state index contributed by atoms with van der Waals surface area (Å²) in [5, 5.41) is 3.13. The Labute approximate surface area is 123 Å². The Morgan fingerprint density at radius 2 is 1.80 bits per heavy atom. The van der Waals surface area contributed by atoms with Gasteiger partial charge >= 0.3 is 0 Å². The summed E-state index contributed by atoms with van der Waals surface area (Å²) in [5.74, 6) is 0.705. The van der Waals surface area contributed by atoms with E-state index in [1.54, 1.807) is 8.61 Å². The summed E-state index contributed by atoms with van der Waals surface area (Å²) < 4.78 is 29.2. The molecule has 0 spiro atoms. The third-order valence-electron chi connectivity index (χ3n) is 4.79. The largest absolute Gasteiger partial charge is 0.318 e. The third kappa shape index (κ3) is 3.53. The Morgan fingerprint density at radius 3 is 2.40 bits per heavy atom. The topological polar surface area (TPSA) is 52.7 Å². The molecule has 1 atom stereocenters. The van der Waals surface area contributed by atoms with E-state index < -0.39 is 10.2 Å². The van der Waals surface area contributed by atoms with Gasteiger partial charge in [0, 0.05) is 32.2 Å². The van der Waals surface area contributed by atoms with Crippen molar-refractivity contribution in [3.8, 4) is 0 Å². The summed E-state index contributed by atoms with van der Waals surface area (Å²) in [4.78, 5) is 0. The Bertz CT molecular complexity index is 389. The fourth-order valence-corrected chi connectivity index (χ4v) is 5.30. The Kier molecular flexibility index (Phi) is 5.84. The van der Waals surface area contributed by atoms with Crippen molar-refractivity contribution in [3.05, 3.63) is 0 Å². The lowest BCUT2D eigenvalue weighted by Crippen LogP contribution is -2.54. The van der Waals surface area contributed by atoms with Crippen molar-refractivity contribution in [3.63, 3.8) is 0 Å². The van der Waals surface area contributed by atoms with Crippen LogP contribution in [-0.2, 0) is 10.2 Å². The van der Waals surface area contributed by atoms with Crippen molar-refractivity contribution in [2.75, 3.05) is 33.2 Å². The van der Waals surface area contributed by atoms with Crippen molar-refractivity contribution >= 4 is 10.2 Å².